The zero-order valence-electron chi connectivity index (χ0n) is 16.1. The molecule has 1 fully saturated rings. The van der Waals surface area contributed by atoms with E-state index < -0.39 is 24.5 Å². The Morgan fingerprint density at radius 2 is 1.93 bits per heavy atom. The molecule has 5 atom stereocenters. The Morgan fingerprint density at radius 3 is 2.62 bits per heavy atom. The molecule has 4 unspecified atom stereocenters. The van der Waals surface area contributed by atoms with Crippen molar-refractivity contribution in [2.75, 3.05) is 11.9 Å². The van der Waals surface area contributed by atoms with E-state index in [4.69, 9.17) is 4.74 Å². The molecule has 154 valence electrons. The van der Waals surface area contributed by atoms with E-state index in [1.54, 1.807) is 4.57 Å². The van der Waals surface area contributed by atoms with Crippen molar-refractivity contribution < 1.29 is 20.1 Å². The van der Waals surface area contributed by atoms with Gasteiger partial charge in [0.2, 0.25) is 0 Å². The molecule has 2 aromatic heterocycles. The average molecular weight is 399 g/mol. The van der Waals surface area contributed by atoms with Crippen LogP contribution in [0, 0.1) is 0 Å². The summed E-state index contributed by atoms with van der Waals surface area (Å²) >= 11 is 0. The van der Waals surface area contributed by atoms with Gasteiger partial charge in [0.05, 0.1) is 19.0 Å². The molecule has 0 amide bonds. The lowest BCUT2D eigenvalue weighted by Crippen LogP contribution is -2.33. The van der Waals surface area contributed by atoms with E-state index in [9.17, 15) is 15.3 Å². The molecule has 0 saturated carbocycles. The number of ether oxygens (including phenoxy) is 1. The summed E-state index contributed by atoms with van der Waals surface area (Å²) in [4.78, 5) is 13.1. The van der Waals surface area contributed by atoms with E-state index >= 15 is 0 Å². The minimum absolute atomic E-state index is 0.0679. The first kappa shape index (κ1) is 19.7. The number of aliphatic hydroxyl groups is 3. The van der Waals surface area contributed by atoms with Crippen molar-refractivity contribution in [1.29, 1.82) is 0 Å². The number of imidazole rings is 1. The van der Waals surface area contributed by atoms with Gasteiger partial charge in [-0.25, -0.2) is 15.0 Å². The van der Waals surface area contributed by atoms with Gasteiger partial charge in [0, 0.05) is 0 Å². The van der Waals surface area contributed by atoms with Crippen molar-refractivity contribution in [2.45, 2.75) is 50.3 Å². The number of benzene rings is 1. The number of rotatable bonds is 7. The summed E-state index contributed by atoms with van der Waals surface area (Å²) in [5, 5.41) is 33.2. The lowest BCUT2D eigenvalue weighted by atomic mass is 10.0. The third kappa shape index (κ3) is 3.69. The van der Waals surface area contributed by atoms with Gasteiger partial charge in [-0.05, 0) is 12.0 Å². The first-order valence-electron chi connectivity index (χ1n) is 9.75. The van der Waals surface area contributed by atoms with Crippen molar-refractivity contribution in [2.24, 2.45) is 0 Å². The molecule has 29 heavy (non-hydrogen) atoms. The highest BCUT2D eigenvalue weighted by Gasteiger charge is 2.44. The molecule has 4 rings (SSSR count). The van der Waals surface area contributed by atoms with Gasteiger partial charge in [0.15, 0.2) is 23.2 Å². The number of fused-ring (bicyclic) bond motifs is 1. The number of hydrogen-bond acceptors (Lipinski definition) is 8. The average Bonchev–Trinajstić information content (AvgIpc) is 3.30. The van der Waals surface area contributed by atoms with Crippen molar-refractivity contribution >= 4 is 17.0 Å². The number of aromatic nitrogens is 4. The standard InChI is InChI=1S/C20H25N5O4/c1-2-6-13(12-7-4-3-5-8-12)24-18-15-19(22-10-21-18)25(11-23-15)20-17(28)16(27)14(9-26)29-20/h3-5,7-8,10-11,13-14,16-17,20,26-28H,2,6,9H2,1H3,(H,21,22,24)/t13-,14?,16?,17?,20?/m1/s1. The largest absolute Gasteiger partial charge is 0.394 e. The van der Waals surface area contributed by atoms with Crippen LogP contribution in [0.1, 0.15) is 37.6 Å². The molecule has 3 aromatic rings. The Bertz CT molecular complexity index is 950. The fraction of sp³-hybridized carbons (Fsp3) is 0.450. The molecule has 1 aliphatic rings. The van der Waals surface area contributed by atoms with Gasteiger partial charge in [-0.3, -0.25) is 4.57 Å². The Morgan fingerprint density at radius 1 is 1.14 bits per heavy atom. The fourth-order valence-electron chi connectivity index (χ4n) is 3.71. The molecule has 0 spiro atoms. The number of hydrogen-bond donors (Lipinski definition) is 4. The summed E-state index contributed by atoms with van der Waals surface area (Å²) in [7, 11) is 0. The summed E-state index contributed by atoms with van der Waals surface area (Å²) in [6.45, 7) is 1.74. The predicted octanol–water partition coefficient (Wildman–Crippen LogP) is 1.39. The minimum atomic E-state index is -1.20. The number of nitrogens with one attached hydrogen (secondary N) is 1. The Balaban J connectivity index is 1.66. The Hall–Kier alpha value is -2.59. The van der Waals surface area contributed by atoms with Crippen LogP contribution in [0.2, 0.25) is 0 Å². The van der Waals surface area contributed by atoms with Gasteiger partial charge in [0.1, 0.15) is 24.6 Å². The highest BCUT2D eigenvalue weighted by Crippen LogP contribution is 2.33. The maximum Gasteiger partial charge on any atom is 0.167 e. The molecule has 0 aliphatic carbocycles. The maximum atomic E-state index is 10.3. The van der Waals surface area contributed by atoms with Crippen LogP contribution in [-0.4, -0.2) is 59.8 Å². The summed E-state index contributed by atoms with van der Waals surface area (Å²) in [6, 6.07) is 10.2. The van der Waals surface area contributed by atoms with E-state index in [1.165, 1.54) is 12.7 Å². The monoisotopic (exact) mass is 399 g/mol. The summed E-state index contributed by atoms with van der Waals surface area (Å²) in [6.07, 6.45) is 0.708. The highest BCUT2D eigenvalue weighted by molar-refractivity contribution is 5.83. The van der Waals surface area contributed by atoms with Gasteiger partial charge >= 0.3 is 0 Å². The smallest absolute Gasteiger partial charge is 0.167 e. The van der Waals surface area contributed by atoms with Crippen LogP contribution in [0.5, 0.6) is 0 Å². The van der Waals surface area contributed by atoms with Gasteiger partial charge < -0.3 is 25.4 Å². The lowest BCUT2D eigenvalue weighted by Gasteiger charge is -2.20. The van der Waals surface area contributed by atoms with Gasteiger partial charge in [0.25, 0.3) is 0 Å². The summed E-state index contributed by atoms with van der Waals surface area (Å²) in [5.41, 5.74) is 2.17. The van der Waals surface area contributed by atoms with Gasteiger partial charge in [-0.15, -0.1) is 0 Å². The second-order valence-corrected chi connectivity index (χ2v) is 7.17. The van der Waals surface area contributed by atoms with E-state index in [-0.39, 0.29) is 12.6 Å². The third-order valence-electron chi connectivity index (χ3n) is 5.24. The third-order valence-corrected chi connectivity index (χ3v) is 5.24. The fourth-order valence-corrected chi connectivity index (χ4v) is 3.71. The molecule has 1 aliphatic heterocycles. The zero-order chi connectivity index (χ0) is 20.4. The van der Waals surface area contributed by atoms with Crippen LogP contribution in [0.3, 0.4) is 0 Å². The molecular weight excluding hydrogens is 374 g/mol. The lowest BCUT2D eigenvalue weighted by molar-refractivity contribution is -0.0511. The van der Waals surface area contributed by atoms with Crippen LogP contribution in [0.4, 0.5) is 5.82 Å². The number of anilines is 1. The van der Waals surface area contributed by atoms with Crippen LogP contribution in [-0.2, 0) is 4.74 Å². The van der Waals surface area contributed by atoms with Crippen molar-refractivity contribution in [3.05, 3.63) is 48.5 Å². The molecule has 9 nitrogen and oxygen atoms in total. The molecule has 1 saturated heterocycles. The predicted molar refractivity (Wildman–Crippen MR) is 106 cm³/mol. The van der Waals surface area contributed by atoms with Gasteiger partial charge in [-0.2, -0.15) is 0 Å². The zero-order valence-corrected chi connectivity index (χ0v) is 16.1. The topological polar surface area (TPSA) is 126 Å². The Kier molecular flexibility index (Phi) is 5.72. The SMILES string of the molecule is CCC[C@@H](Nc1ncnc2c1ncn2C1OC(CO)C(O)C1O)c1ccccc1. The normalized spacial score (nSPS) is 25.4. The highest BCUT2D eigenvalue weighted by atomic mass is 16.6. The van der Waals surface area contributed by atoms with Crippen LogP contribution < -0.4 is 5.32 Å². The van der Waals surface area contributed by atoms with Crippen molar-refractivity contribution in [3.8, 4) is 0 Å². The van der Waals surface area contributed by atoms with Gasteiger partial charge in [-0.1, -0.05) is 43.7 Å². The van der Waals surface area contributed by atoms with E-state index in [1.807, 2.05) is 18.2 Å². The Labute approximate surface area is 168 Å². The van der Waals surface area contributed by atoms with Crippen molar-refractivity contribution in [1.82, 2.24) is 19.5 Å². The number of aliphatic hydroxyl groups excluding tert-OH is 3. The first-order valence-corrected chi connectivity index (χ1v) is 9.75. The van der Waals surface area contributed by atoms with E-state index in [0.717, 1.165) is 18.4 Å². The molecule has 1 aromatic carbocycles. The van der Waals surface area contributed by atoms with E-state index in [2.05, 4.69) is 39.3 Å². The first-order chi connectivity index (χ1) is 14.1. The van der Waals surface area contributed by atoms with E-state index in [0.29, 0.717) is 17.0 Å². The maximum absolute atomic E-state index is 10.3. The summed E-state index contributed by atoms with van der Waals surface area (Å²) in [5.74, 6) is 0.586. The molecule has 0 radical (unpaired) electrons. The van der Waals surface area contributed by atoms with Crippen LogP contribution in [0.15, 0.2) is 43.0 Å². The quantitative estimate of drug-likeness (QED) is 0.470. The van der Waals surface area contributed by atoms with Crippen LogP contribution in [0.25, 0.3) is 11.2 Å². The van der Waals surface area contributed by atoms with Crippen molar-refractivity contribution in [3.63, 3.8) is 0 Å². The second kappa shape index (κ2) is 8.42. The molecule has 4 N–H and O–H groups in total. The van der Waals surface area contributed by atoms with Crippen LogP contribution >= 0.6 is 0 Å². The molecule has 3 heterocycles. The molecular formula is C20H25N5O4. The number of nitrogens with zero attached hydrogens (tertiary/aromatic N) is 4. The minimum Gasteiger partial charge on any atom is -0.394 e. The molecule has 0 bridgehead atoms. The summed E-state index contributed by atoms with van der Waals surface area (Å²) < 4.78 is 7.17. The second-order valence-electron chi connectivity index (χ2n) is 7.17. The molecule has 9 heteroatoms.